The van der Waals surface area contributed by atoms with E-state index >= 15 is 4.39 Å². The number of imidazole rings is 1. The number of piperidine rings is 2. The molecule has 5 aromatic rings. The molecule has 5 heterocycles. The van der Waals surface area contributed by atoms with E-state index in [1.165, 1.54) is 21.3 Å². The van der Waals surface area contributed by atoms with E-state index in [0.29, 0.717) is 46.7 Å². The number of para-hydroxylation sites is 1. The summed E-state index contributed by atoms with van der Waals surface area (Å²) in [5.41, 5.74) is 2.23. The summed E-state index contributed by atoms with van der Waals surface area (Å²) in [7, 11) is 1.66. The molecule has 1 aliphatic carbocycles. The number of benzene rings is 2. The van der Waals surface area contributed by atoms with E-state index in [1.54, 1.807) is 39.1 Å². The zero-order valence-electron chi connectivity index (χ0n) is 32.2. The molecule has 15 heteroatoms. The maximum absolute atomic E-state index is 16.2. The van der Waals surface area contributed by atoms with Gasteiger partial charge in [-0.25, -0.2) is 14.2 Å². The van der Waals surface area contributed by atoms with Crippen LogP contribution in [0, 0.1) is 17.2 Å². The average Bonchev–Trinajstić information content (AvgIpc) is 3.72. The van der Waals surface area contributed by atoms with Crippen LogP contribution in [0.25, 0.3) is 21.9 Å². The molecule has 296 valence electrons. The minimum Gasteiger partial charge on any atom is -0.386 e. The van der Waals surface area contributed by atoms with E-state index in [9.17, 15) is 29.5 Å². The number of nitrogens with zero attached hydrogens (tertiary/aromatic N) is 7. The number of nitriles is 1. The molecule has 0 bridgehead atoms. The third-order valence-corrected chi connectivity index (χ3v) is 12.1. The minimum absolute atomic E-state index is 0.0969. The van der Waals surface area contributed by atoms with Crippen molar-refractivity contribution in [2.24, 2.45) is 13.0 Å². The number of fused-ring (bicyclic) bond motifs is 2. The molecule has 3 atom stereocenters. The quantitative estimate of drug-likeness (QED) is 0.184. The molecule has 0 radical (unpaired) electrons. The summed E-state index contributed by atoms with van der Waals surface area (Å²) in [5, 5.41) is 31.2. The minimum atomic E-state index is -1.27. The van der Waals surface area contributed by atoms with Crippen molar-refractivity contribution in [2.45, 2.75) is 88.6 Å². The Labute approximate surface area is 328 Å². The number of likely N-dealkylation sites (tertiary alicyclic amines) is 1. The predicted octanol–water partition coefficient (Wildman–Crippen LogP) is 4.97. The Bertz CT molecular complexity index is 2500. The van der Waals surface area contributed by atoms with Crippen LogP contribution in [-0.2, 0) is 22.2 Å². The number of hydrogen-bond donors (Lipinski definition) is 3. The number of rotatable bonds is 8. The normalized spacial score (nSPS) is 23.4. The molecule has 3 fully saturated rings. The number of carbonyl (C=O) groups is 3. The molecular formula is C42H46FN9O5. The summed E-state index contributed by atoms with van der Waals surface area (Å²) in [6, 6.07) is 15.1. The van der Waals surface area contributed by atoms with Gasteiger partial charge >= 0.3 is 5.69 Å². The van der Waals surface area contributed by atoms with Crippen molar-refractivity contribution in [3.63, 3.8) is 0 Å². The van der Waals surface area contributed by atoms with E-state index in [1.807, 2.05) is 35.1 Å². The average molecular weight is 776 g/mol. The van der Waals surface area contributed by atoms with E-state index in [0.717, 1.165) is 49.7 Å². The lowest BCUT2D eigenvalue weighted by atomic mass is 9.83. The summed E-state index contributed by atoms with van der Waals surface area (Å²) in [6.07, 6.45) is 5.61. The number of anilines is 1. The van der Waals surface area contributed by atoms with Crippen LogP contribution < -0.4 is 16.3 Å². The SMILES string of the molecule is Cn1c(=O)n(C2CCC(=O)NC2=O)c2cccc([C@H]3CCN(C[C@H]4CC[C@H](n5cc6cc(NC(=O)c7cccc(C#N)n7)c(C(C)(C)O)cc6n5)CC4)C[C@@H]3F)c21. The van der Waals surface area contributed by atoms with Crippen LogP contribution in [0.1, 0.15) is 104 Å². The molecule has 3 aliphatic rings. The van der Waals surface area contributed by atoms with Gasteiger partial charge in [0.1, 0.15) is 29.7 Å². The van der Waals surface area contributed by atoms with Crippen LogP contribution in [0.15, 0.2) is 59.5 Å². The molecule has 3 amide bonds. The monoisotopic (exact) mass is 775 g/mol. The Kier molecular flexibility index (Phi) is 10.0. The number of carbonyl (C=O) groups excluding carboxylic acids is 3. The van der Waals surface area contributed by atoms with Crippen molar-refractivity contribution in [2.75, 3.05) is 25.0 Å². The molecule has 57 heavy (non-hydrogen) atoms. The highest BCUT2D eigenvalue weighted by Crippen LogP contribution is 2.39. The van der Waals surface area contributed by atoms with Crippen LogP contribution in [0.3, 0.4) is 0 Å². The highest BCUT2D eigenvalue weighted by Gasteiger charge is 2.36. The predicted molar refractivity (Wildman–Crippen MR) is 210 cm³/mol. The second kappa shape index (κ2) is 15.0. The number of aryl methyl sites for hydroxylation is 1. The van der Waals surface area contributed by atoms with Crippen molar-refractivity contribution in [3.05, 3.63) is 87.7 Å². The van der Waals surface area contributed by atoms with E-state index in [2.05, 4.69) is 20.5 Å². The van der Waals surface area contributed by atoms with Gasteiger partial charge < -0.3 is 15.3 Å². The number of amides is 3. The number of alkyl halides is 1. The van der Waals surface area contributed by atoms with E-state index < -0.39 is 35.5 Å². The fourth-order valence-corrected chi connectivity index (χ4v) is 9.14. The van der Waals surface area contributed by atoms with Gasteiger partial charge in [0.15, 0.2) is 0 Å². The zero-order chi connectivity index (χ0) is 40.2. The van der Waals surface area contributed by atoms with Crippen LogP contribution in [0.5, 0.6) is 0 Å². The van der Waals surface area contributed by atoms with Gasteiger partial charge in [-0.2, -0.15) is 10.4 Å². The first-order valence-electron chi connectivity index (χ1n) is 19.6. The van der Waals surface area contributed by atoms with Crippen molar-refractivity contribution >= 4 is 45.3 Å². The van der Waals surface area contributed by atoms with E-state index in [-0.39, 0.29) is 41.9 Å². The molecule has 3 N–H and O–H groups in total. The van der Waals surface area contributed by atoms with E-state index in [4.69, 9.17) is 5.10 Å². The molecule has 1 unspecified atom stereocenters. The van der Waals surface area contributed by atoms with Crippen molar-refractivity contribution < 1.29 is 23.9 Å². The Balaban J connectivity index is 0.913. The molecule has 2 aromatic carbocycles. The lowest BCUT2D eigenvalue weighted by Gasteiger charge is -2.38. The van der Waals surface area contributed by atoms with Gasteiger partial charge in [-0.05, 0) is 101 Å². The number of aliphatic hydroxyl groups is 1. The van der Waals surface area contributed by atoms with Crippen LogP contribution in [0.2, 0.25) is 0 Å². The zero-order valence-corrected chi connectivity index (χ0v) is 32.2. The third-order valence-electron chi connectivity index (χ3n) is 12.1. The van der Waals surface area contributed by atoms with Gasteiger partial charge in [0, 0.05) is 55.3 Å². The highest BCUT2D eigenvalue weighted by atomic mass is 19.1. The molecule has 2 aliphatic heterocycles. The van der Waals surface area contributed by atoms with Crippen LogP contribution >= 0.6 is 0 Å². The second-order valence-corrected chi connectivity index (χ2v) is 16.3. The number of halogens is 1. The summed E-state index contributed by atoms with van der Waals surface area (Å²) in [4.78, 5) is 57.4. The number of nitrogens with one attached hydrogen (secondary N) is 2. The summed E-state index contributed by atoms with van der Waals surface area (Å²) in [6.45, 7) is 5.14. The molecule has 1 saturated carbocycles. The lowest BCUT2D eigenvalue weighted by Crippen LogP contribution is -2.44. The standard InChI is InChI=1S/C42H46FN9O5/c1-42(2,57)30-19-33-25(18-34(30)46-39(54)32-8-4-6-26(20-44)45-32)22-51(48-33)27-12-10-24(11-13-27)21-50-17-16-28(31(43)23-50)29-7-5-9-35-38(29)49(3)41(56)52(35)36-14-15-37(53)47-40(36)55/h4-9,18-19,22,24,27-28,31,36,57H,10-17,21,23H2,1-3H3,(H,46,54)(H,47,53,55)/t24-,27-,28-,31+,36?/m1/s1. The smallest absolute Gasteiger partial charge is 0.329 e. The van der Waals surface area contributed by atoms with Gasteiger partial charge in [0.05, 0.1) is 28.2 Å². The number of pyridine rings is 1. The Morgan fingerprint density at radius 2 is 1.84 bits per heavy atom. The first-order chi connectivity index (χ1) is 27.3. The maximum atomic E-state index is 16.2. The highest BCUT2D eigenvalue weighted by molar-refractivity contribution is 6.04. The first-order valence-corrected chi connectivity index (χ1v) is 19.6. The largest absolute Gasteiger partial charge is 0.386 e. The number of imide groups is 1. The van der Waals surface area contributed by atoms with Gasteiger partial charge in [0.25, 0.3) is 5.91 Å². The third kappa shape index (κ3) is 7.35. The second-order valence-electron chi connectivity index (χ2n) is 16.3. The van der Waals surface area contributed by atoms with Gasteiger partial charge in [0.2, 0.25) is 11.8 Å². The first kappa shape index (κ1) is 38.2. The molecule has 3 aromatic heterocycles. The fraction of sp³-hybridized carbons (Fsp3) is 0.452. The topological polar surface area (TPSA) is 180 Å². The molecule has 14 nitrogen and oxygen atoms in total. The van der Waals surface area contributed by atoms with Crippen LogP contribution in [0.4, 0.5) is 10.1 Å². The number of hydrogen-bond acceptors (Lipinski definition) is 9. The molecule has 0 spiro atoms. The van der Waals surface area contributed by atoms with Crippen molar-refractivity contribution in [1.82, 2.24) is 34.1 Å². The van der Waals surface area contributed by atoms with Gasteiger partial charge in [-0.1, -0.05) is 18.2 Å². The Hall–Kier alpha value is -5.72. The summed E-state index contributed by atoms with van der Waals surface area (Å²) >= 11 is 0. The number of aromatic nitrogens is 5. The van der Waals surface area contributed by atoms with Crippen molar-refractivity contribution in [1.29, 1.82) is 5.26 Å². The van der Waals surface area contributed by atoms with Gasteiger partial charge in [-0.3, -0.25) is 33.5 Å². The Morgan fingerprint density at radius 1 is 1.07 bits per heavy atom. The summed E-state index contributed by atoms with van der Waals surface area (Å²) in [5.74, 6) is -1.31. The molecule has 2 saturated heterocycles. The fourth-order valence-electron chi connectivity index (χ4n) is 9.14. The lowest BCUT2D eigenvalue weighted by molar-refractivity contribution is -0.135. The molecular weight excluding hydrogens is 730 g/mol. The van der Waals surface area contributed by atoms with Crippen molar-refractivity contribution in [3.8, 4) is 6.07 Å². The molecule has 8 rings (SSSR count). The van der Waals surface area contributed by atoms with Gasteiger partial charge in [-0.15, -0.1) is 0 Å². The summed E-state index contributed by atoms with van der Waals surface area (Å²) < 4.78 is 21.1. The van der Waals surface area contributed by atoms with Crippen LogP contribution in [-0.4, -0.2) is 77.4 Å². The maximum Gasteiger partial charge on any atom is 0.329 e. The Morgan fingerprint density at radius 3 is 2.56 bits per heavy atom.